The van der Waals surface area contributed by atoms with Crippen LogP contribution in [0.2, 0.25) is 0 Å². The topological polar surface area (TPSA) is 125 Å². The Labute approximate surface area is 174 Å². The summed E-state index contributed by atoms with van der Waals surface area (Å²) in [5.74, 6) is -1.31. The second kappa shape index (κ2) is 8.64. The summed E-state index contributed by atoms with van der Waals surface area (Å²) in [5.41, 5.74) is 7.21. The van der Waals surface area contributed by atoms with E-state index >= 15 is 0 Å². The Balaban J connectivity index is 1.57. The van der Waals surface area contributed by atoms with Gasteiger partial charge in [0, 0.05) is 24.7 Å². The van der Waals surface area contributed by atoms with Crippen molar-refractivity contribution >= 4 is 33.4 Å². The van der Waals surface area contributed by atoms with E-state index in [1.807, 2.05) is 6.92 Å². The van der Waals surface area contributed by atoms with Gasteiger partial charge in [0.1, 0.15) is 0 Å². The van der Waals surface area contributed by atoms with Crippen molar-refractivity contribution in [1.82, 2.24) is 15.2 Å². The molecular weight excluding hydrogens is 408 g/mol. The largest absolute Gasteiger partial charge is 0.326 e. The van der Waals surface area contributed by atoms with E-state index in [0.717, 1.165) is 15.4 Å². The van der Waals surface area contributed by atoms with Gasteiger partial charge in [-0.1, -0.05) is 17.7 Å². The number of sulfonamides is 1. The van der Waals surface area contributed by atoms with Crippen molar-refractivity contribution in [2.24, 2.45) is 0 Å². The summed E-state index contributed by atoms with van der Waals surface area (Å²) in [6.07, 6.45) is 0.868. The van der Waals surface area contributed by atoms with Gasteiger partial charge in [0.15, 0.2) is 0 Å². The van der Waals surface area contributed by atoms with Crippen LogP contribution in [0.25, 0.3) is 0 Å². The van der Waals surface area contributed by atoms with Gasteiger partial charge in [-0.2, -0.15) is 4.31 Å². The number of carbonyl (C=O) groups excluding carboxylic acids is 3. The molecule has 2 aromatic carbocycles. The Kier molecular flexibility index (Phi) is 6.18. The quantitative estimate of drug-likeness (QED) is 0.610. The van der Waals surface area contributed by atoms with Gasteiger partial charge in [-0.05, 0) is 49.2 Å². The number of hydrogen-bond donors (Lipinski definition) is 3. The molecule has 0 atom stereocenters. The number of anilines is 1. The van der Waals surface area contributed by atoms with Crippen molar-refractivity contribution in [3.8, 4) is 0 Å². The maximum Gasteiger partial charge on any atom is 0.269 e. The Morgan fingerprint density at radius 3 is 2.47 bits per heavy atom. The van der Waals surface area contributed by atoms with Crippen LogP contribution in [-0.2, 0) is 26.0 Å². The molecule has 9 nitrogen and oxygen atoms in total. The molecule has 3 amide bonds. The lowest BCUT2D eigenvalue weighted by molar-refractivity contribution is -0.122. The monoisotopic (exact) mass is 430 g/mol. The standard InChI is InChI=1S/C20H22N4O5S/c1-13-3-7-16(8-4-13)30(28,29)24(2)12-19(26)22-23-20(27)15-5-9-17-14(11-15)6-10-18(25)21-17/h3-5,7-9,11H,6,10,12H2,1-2H3,(H,21,25)(H,22,26)(H,23,27). The average Bonchev–Trinajstić information content (AvgIpc) is 2.71. The number of nitrogens with zero attached hydrogens (tertiary/aromatic N) is 1. The summed E-state index contributed by atoms with van der Waals surface area (Å²) in [6.45, 7) is 1.38. The maximum absolute atomic E-state index is 12.5. The molecule has 0 radical (unpaired) electrons. The molecule has 1 aliphatic heterocycles. The number of hydrazine groups is 1. The Bertz CT molecular complexity index is 1100. The Morgan fingerprint density at radius 2 is 1.77 bits per heavy atom. The van der Waals surface area contributed by atoms with Gasteiger partial charge in [-0.3, -0.25) is 25.2 Å². The van der Waals surface area contributed by atoms with Crippen LogP contribution in [0.15, 0.2) is 47.4 Å². The number of fused-ring (bicyclic) bond motifs is 1. The zero-order valence-corrected chi connectivity index (χ0v) is 17.4. The highest BCUT2D eigenvalue weighted by atomic mass is 32.2. The van der Waals surface area contributed by atoms with Crippen molar-refractivity contribution in [2.75, 3.05) is 18.9 Å². The predicted molar refractivity (Wildman–Crippen MR) is 110 cm³/mol. The third-order valence-electron chi connectivity index (χ3n) is 4.67. The average molecular weight is 430 g/mol. The van der Waals surface area contributed by atoms with E-state index in [-0.39, 0.29) is 10.8 Å². The number of rotatable bonds is 5. The summed E-state index contributed by atoms with van der Waals surface area (Å²) in [4.78, 5) is 35.9. The molecule has 10 heteroatoms. The normalized spacial score (nSPS) is 13.4. The highest BCUT2D eigenvalue weighted by Gasteiger charge is 2.23. The van der Waals surface area contributed by atoms with E-state index in [0.29, 0.717) is 24.1 Å². The molecule has 0 aliphatic carbocycles. The number of carbonyl (C=O) groups is 3. The number of likely N-dealkylation sites (N-methyl/N-ethyl adjacent to an activating group) is 1. The van der Waals surface area contributed by atoms with Crippen LogP contribution in [0.5, 0.6) is 0 Å². The van der Waals surface area contributed by atoms with Gasteiger partial charge in [0.2, 0.25) is 15.9 Å². The lowest BCUT2D eigenvalue weighted by Crippen LogP contribution is -2.46. The first-order valence-electron chi connectivity index (χ1n) is 9.22. The highest BCUT2D eigenvalue weighted by Crippen LogP contribution is 2.23. The first-order valence-corrected chi connectivity index (χ1v) is 10.7. The van der Waals surface area contributed by atoms with E-state index in [4.69, 9.17) is 0 Å². The second-order valence-corrected chi connectivity index (χ2v) is 9.04. The molecule has 3 N–H and O–H groups in total. The van der Waals surface area contributed by atoms with Crippen molar-refractivity contribution in [3.05, 3.63) is 59.2 Å². The molecule has 0 fully saturated rings. The van der Waals surface area contributed by atoms with Crippen LogP contribution >= 0.6 is 0 Å². The van der Waals surface area contributed by atoms with E-state index < -0.39 is 28.4 Å². The van der Waals surface area contributed by atoms with Gasteiger partial charge < -0.3 is 5.32 Å². The summed E-state index contributed by atoms with van der Waals surface area (Å²) in [5, 5.41) is 2.73. The fourth-order valence-electron chi connectivity index (χ4n) is 2.94. The van der Waals surface area contributed by atoms with Gasteiger partial charge in [-0.25, -0.2) is 8.42 Å². The molecule has 1 aliphatic rings. The zero-order chi connectivity index (χ0) is 21.9. The minimum absolute atomic E-state index is 0.0725. The van der Waals surface area contributed by atoms with Crippen LogP contribution in [0.1, 0.15) is 27.9 Å². The smallest absolute Gasteiger partial charge is 0.269 e. The zero-order valence-electron chi connectivity index (χ0n) is 16.6. The van der Waals surface area contributed by atoms with Crippen LogP contribution in [0.4, 0.5) is 5.69 Å². The van der Waals surface area contributed by atoms with E-state index in [1.165, 1.54) is 25.2 Å². The lowest BCUT2D eigenvalue weighted by atomic mass is 10.0. The summed E-state index contributed by atoms with van der Waals surface area (Å²) in [6, 6.07) is 11.1. The molecule has 0 saturated carbocycles. The van der Waals surface area contributed by atoms with Crippen LogP contribution < -0.4 is 16.2 Å². The van der Waals surface area contributed by atoms with Crippen LogP contribution in [-0.4, -0.2) is 44.0 Å². The van der Waals surface area contributed by atoms with Crippen molar-refractivity contribution in [2.45, 2.75) is 24.7 Å². The predicted octanol–water partition coefficient (Wildman–Crippen LogP) is 0.961. The minimum Gasteiger partial charge on any atom is -0.326 e. The third-order valence-corrected chi connectivity index (χ3v) is 6.49. The Morgan fingerprint density at radius 1 is 1.07 bits per heavy atom. The molecule has 3 rings (SSSR count). The van der Waals surface area contributed by atoms with Crippen molar-refractivity contribution in [3.63, 3.8) is 0 Å². The van der Waals surface area contributed by atoms with E-state index in [2.05, 4.69) is 16.2 Å². The van der Waals surface area contributed by atoms with Crippen LogP contribution in [0.3, 0.4) is 0 Å². The molecule has 1 heterocycles. The first kappa shape index (κ1) is 21.5. The van der Waals surface area contributed by atoms with Crippen molar-refractivity contribution in [1.29, 1.82) is 0 Å². The van der Waals surface area contributed by atoms with Gasteiger partial charge in [-0.15, -0.1) is 0 Å². The fraction of sp³-hybridized carbons (Fsp3) is 0.250. The molecule has 2 aromatic rings. The number of amides is 3. The summed E-state index contributed by atoms with van der Waals surface area (Å²) in [7, 11) is -2.54. The Hall–Kier alpha value is -3.24. The number of hydrogen-bond acceptors (Lipinski definition) is 5. The molecule has 30 heavy (non-hydrogen) atoms. The molecule has 0 bridgehead atoms. The minimum atomic E-state index is -3.83. The first-order chi connectivity index (χ1) is 14.2. The fourth-order valence-corrected chi connectivity index (χ4v) is 4.07. The molecule has 0 spiro atoms. The van der Waals surface area contributed by atoms with Gasteiger partial charge >= 0.3 is 0 Å². The SMILES string of the molecule is Cc1ccc(S(=O)(=O)N(C)CC(=O)NNC(=O)c2ccc3c(c2)CCC(=O)N3)cc1. The summed E-state index contributed by atoms with van der Waals surface area (Å²) < 4.78 is 26.0. The number of benzene rings is 2. The molecular formula is C20H22N4O5S. The lowest BCUT2D eigenvalue weighted by Gasteiger charge is -2.18. The van der Waals surface area contributed by atoms with E-state index in [1.54, 1.807) is 24.3 Å². The number of nitrogens with one attached hydrogen (secondary N) is 3. The molecule has 158 valence electrons. The second-order valence-electron chi connectivity index (χ2n) is 7.00. The maximum atomic E-state index is 12.5. The number of aryl methyl sites for hydroxylation is 2. The molecule has 0 unspecified atom stereocenters. The van der Waals surface area contributed by atoms with Gasteiger partial charge in [0.25, 0.3) is 11.8 Å². The molecule has 0 aromatic heterocycles. The van der Waals surface area contributed by atoms with Crippen LogP contribution in [0, 0.1) is 6.92 Å². The third kappa shape index (κ3) is 4.84. The molecule has 0 saturated heterocycles. The van der Waals surface area contributed by atoms with E-state index in [9.17, 15) is 22.8 Å². The van der Waals surface area contributed by atoms with Gasteiger partial charge in [0.05, 0.1) is 11.4 Å². The highest BCUT2D eigenvalue weighted by molar-refractivity contribution is 7.89. The van der Waals surface area contributed by atoms with Crippen molar-refractivity contribution < 1.29 is 22.8 Å². The summed E-state index contributed by atoms with van der Waals surface area (Å²) >= 11 is 0.